The molecule has 0 unspecified atom stereocenters. The highest BCUT2D eigenvalue weighted by atomic mass is 16.5. The maximum absolute atomic E-state index is 12.5. The van der Waals surface area contributed by atoms with Crippen LogP contribution in [0.3, 0.4) is 0 Å². The molecule has 1 atom stereocenters. The number of nitrogens with zero attached hydrogens (tertiary/aromatic N) is 4. The number of rotatable bonds is 3. The molecule has 3 heterocycles. The van der Waals surface area contributed by atoms with Crippen molar-refractivity contribution in [2.75, 3.05) is 13.1 Å². The van der Waals surface area contributed by atoms with Crippen LogP contribution in [0.5, 0.6) is 0 Å². The third-order valence-corrected chi connectivity index (χ3v) is 4.23. The molecule has 3 aromatic rings. The smallest absolute Gasteiger partial charge is 0.253 e. The number of pyridine rings is 1. The van der Waals surface area contributed by atoms with E-state index >= 15 is 0 Å². The average molecular weight is 320 g/mol. The molecule has 4 rings (SSSR count). The van der Waals surface area contributed by atoms with Crippen molar-refractivity contribution in [2.45, 2.75) is 12.3 Å². The number of aromatic nitrogens is 3. The fraction of sp³-hybridized carbons (Fsp3) is 0.222. The second-order valence-electron chi connectivity index (χ2n) is 5.79. The molecule has 1 aliphatic rings. The zero-order valence-electron chi connectivity index (χ0n) is 13.0. The van der Waals surface area contributed by atoms with Gasteiger partial charge in [0.15, 0.2) is 0 Å². The molecule has 0 bridgehead atoms. The van der Waals surface area contributed by atoms with Crippen LogP contribution in [0.4, 0.5) is 0 Å². The first kappa shape index (κ1) is 14.6. The topological polar surface area (TPSA) is 72.1 Å². The Balaban J connectivity index is 1.48. The summed E-state index contributed by atoms with van der Waals surface area (Å²) in [6.07, 6.45) is 4.09. The van der Waals surface area contributed by atoms with Gasteiger partial charge in [-0.2, -0.15) is 4.98 Å². The van der Waals surface area contributed by atoms with Crippen molar-refractivity contribution in [3.05, 3.63) is 66.3 Å². The Labute approximate surface area is 139 Å². The van der Waals surface area contributed by atoms with Gasteiger partial charge in [0.2, 0.25) is 11.7 Å². The Hall–Kier alpha value is -3.02. The number of amides is 1. The summed E-state index contributed by atoms with van der Waals surface area (Å²) in [7, 11) is 0. The molecule has 0 spiro atoms. The molecule has 0 radical (unpaired) electrons. The van der Waals surface area contributed by atoms with Crippen LogP contribution in [0.1, 0.15) is 28.6 Å². The maximum Gasteiger partial charge on any atom is 0.253 e. The van der Waals surface area contributed by atoms with Crippen LogP contribution in [-0.4, -0.2) is 39.0 Å². The van der Waals surface area contributed by atoms with Crippen LogP contribution < -0.4 is 0 Å². The molecular weight excluding hydrogens is 304 g/mol. The summed E-state index contributed by atoms with van der Waals surface area (Å²) in [6, 6.07) is 13.2. The molecule has 6 heteroatoms. The van der Waals surface area contributed by atoms with Gasteiger partial charge in [0.1, 0.15) is 0 Å². The summed E-state index contributed by atoms with van der Waals surface area (Å²) in [5.41, 5.74) is 1.58. The van der Waals surface area contributed by atoms with Crippen molar-refractivity contribution in [1.82, 2.24) is 20.0 Å². The average Bonchev–Trinajstić information content (AvgIpc) is 3.32. The van der Waals surface area contributed by atoms with Crippen LogP contribution in [0.25, 0.3) is 11.4 Å². The summed E-state index contributed by atoms with van der Waals surface area (Å²) in [5.74, 6) is 1.28. The van der Waals surface area contributed by atoms with Gasteiger partial charge in [-0.3, -0.25) is 9.78 Å². The highest BCUT2D eigenvalue weighted by molar-refractivity contribution is 5.94. The third kappa shape index (κ3) is 2.78. The van der Waals surface area contributed by atoms with Crippen LogP contribution in [0, 0.1) is 0 Å². The Morgan fingerprint density at radius 3 is 2.71 bits per heavy atom. The lowest BCUT2D eigenvalue weighted by atomic mass is 10.1. The molecule has 1 aromatic carbocycles. The minimum Gasteiger partial charge on any atom is -0.339 e. The van der Waals surface area contributed by atoms with E-state index < -0.39 is 0 Å². The first-order chi connectivity index (χ1) is 11.8. The normalized spacial score (nSPS) is 17.2. The van der Waals surface area contributed by atoms with E-state index in [0.29, 0.717) is 30.4 Å². The Morgan fingerprint density at radius 1 is 1.12 bits per heavy atom. The molecule has 0 aliphatic carbocycles. The van der Waals surface area contributed by atoms with E-state index in [9.17, 15) is 4.79 Å². The molecule has 24 heavy (non-hydrogen) atoms. The second-order valence-corrected chi connectivity index (χ2v) is 5.79. The van der Waals surface area contributed by atoms with Gasteiger partial charge in [-0.1, -0.05) is 35.5 Å². The van der Waals surface area contributed by atoms with Gasteiger partial charge in [0.25, 0.3) is 5.91 Å². The molecule has 1 saturated heterocycles. The fourth-order valence-electron chi connectivity index (χ4n) is 2.93. The van der Waals surface area contributed by atoms with Crippen molar-refractivity contribution >= 4 is 5.91 Å². The summed E-state index contributed by atoms with van der Waals surface area (Å²) in [5, 5.41) is 4.06. The molecule has 6 nitrogen and oxygen atoms in total. The number of hydrogen-bond donors (Lipinski definition) is 0. The van der Waals surface area contributed by atoms with Crippen molar-refractivity contribution < 1.29 is 9.32 Å². The van der Waals surface area contributed by atoms with Gasteiger partial charge in [0, 0.05) is 36.6 Å². The van der Waals surface area contributed by atoms with Gasteiger partial charge in [-0.25, -0.2) is 0 Å². The minimum atomic E-state index is 0.0164. The van der Waals surface area contributed by atoms with Gasteiger partial charge in [-0.15, -0.1) is 0 Å². The molecule has 120 valence electrons. The van der Waals surface area contributed by atoms with Crippen LogP contribution >= 0.6 is 0 Å². The minimum absolute atomic E-state index is 0.0164. The summed E-state index contributed by atoms with van der Waals surface area (Å²) < 4.78 is 5.43. The van der Waals surface area contributed by atoms with Crippen molar-refractivity contribution in [1.29, 1.82) is 0 Å². The standard InChI is InChI=1S/C18H16N4O2/c23-18(14-6-9-19-10-7-14)22-11-8-15(12-22)17-20-16(21-24-17)13-4-2-1-3-5-13/h1-7,9-10,15H,8,11-12H2/t15-/m1/s1. The lowest BCUT2D eigenvalue weighted by Gasteiger charge is -2.15. The van der Waals surface area contributed by atoms with Gasteiger partial charge in [0.05, 0.1) is 5.92 Å². The van der Waals surface area contributed by atoms with E-state index in [1.54, 1.807) is 24.5 Å². The molecule has 0 saturated carbocycles. The fourth-order valence-corrected chi connectivity index (χ4v) is 2.93. The molecule has 2 aromatic heterocycles. The first-order valence-electron chi connectivity index (χ1n) is 7.89. The van der Waals surface area contributed by atoms with Crippen molar-refractivity contribution in [3.63, 3.8) is 0 Å². The summed E-state index contributed by atoms with van der Waals surface area (Å²) in [4.78, 5) is 22.8. The zero-order chi connectivity index (χ0) is 16.4. The van der Waals surface area contributed by atoms with E-state index in [1.807, 2.05) is 35.2 Å². The van der Waals surface area contributed by atoms with Crippen molar-refractivity contribution in [3.8, 4) is 11.4 Å². The van der Waals surface area contributed by atoms with E-state index in [-0.39, 0.29) is 11.8 Å². The Morgan fingerprint density at radius 2 is 1.92 bits per heavy atom. The van der Waals surface area contributed by atoms with E-state index in [2.05, 4.69) is 15.1 Å². The van der Waals surface area contributed by atoms with Crippen LogP contribution in [-0.2, 0) is 0 Å². The molecule has 1 fully saturated rings. The predicted octanol–water partition coefficient (Wildman–Crippen LogP) is 2.76. The molecule has 1 aliphatic heterocycles. The first-order valence-corrected chi connectivity index (χ1v) is 7.89. The predicted molar refractivity (Wildman–Crippen MR) is 87.2 cm³/mol. The molecular formula is C18H16N4O2. The number of carbonyl (C=O) groups excluding carboxylic acids is 1. The maximum atomic E-state index is 12.5. The third-order valence-electron chi connectivity index (χ3n) is 4.23. The highest BCUT2D eigenvalue weighted by Gasteiger charge is 2.31. The van der Waals surface area contributed by atoms with Gasteiger partial charge >= 0.3 is 0 Å². The Bertz CT molecular complexity index is 832. The quantitative estimate of drug-likeness (QED) is 0.742. The number of likely N-dealkylation sites (tertiary alicyclic amines) is 1. The van der Waals surface area contributed by atoms with Crippen LogP contribution in [0.15, 0.2) is 59.4 Å². The van der Waals surface area contributed by atoms with Gasteiger partial charge < -0.3 is 9.42 Å². The zero-order valence-corrected chi connectivity index (χ0v) is 13.0. The van der Waals surface area contributed by atoms with E-state index in [1.165, 1.54) is 0 Å². The lowest BCUT2D eigenvalue weighted by Crippen LogP contribution is -2.28. The largest absolute Gasteiger partial charge is 0.339 e. The number of benzene rings is 1. The molecule has 1 amide bonds. The number of hydrogen-bond acceptors (Lipinski definition) is 5. The highest BCUT2D eigenvalue weighted by Crippen LogP contribution is 2.28. The SMILES string of the molecule is O=C(c1ccncc1)N1CC[C@@H](c2nc(-c3ccccc3)no2)C1. The van der Waals surface area contributed by atoms with E-state index in [4.69, 9.17) is 4.52 Å². The van der Waals surface area contributed by atoms with Gasteiger partial charge in [-0.05, 0) is 18.6 Å². The number of carbonyl (C=O) groups is 1. The summed E-state index contributed by atoms with van der Waals surface area (Å²) >= 11 is 0. The second kappa shape index (κ2) is 6.23. The lowest BCUT2D eigenvalue weighted by molar-refractivity contribution is 0.0789. The van der Waals surface area contributed by atoms with Crippen molar-refractivity contribution in [2.24, 2.45) is 0 Å². The molecule has 0 N–H and O–H groups in total. The summed E-state index contributed by atoms with van der Waals surface area (Å²) in [6.45, 7) is 1.28. The monoisotopic (exact) mass is 320 g/mol. The van der Waals surface area contributed by atoms with Crippen LogP contribution in [0.2, 0.25) is 0 Å². The van der Waals surface area contributed by atoms with E-state index in [0.717, 1.165) is 12.0 Å². The Kier molecular flexibility index (Phi) is 3.78.